The molecular weight excluding hydrogens is 326 g/mol. The smallest absolute Gasteiger partial charge is 0.272 e. The lowest BCUT2D eigenvalue weighted by Crippen LogP contribution is -2.37. The van der Waals surface area contributed by atoms with Gasteiger partial charge >= 0.3 is 0 Å². The molecule has 6 heteroatoms. The zero-order valence-corrected chi connectivity index (χ0v) is 16.0. The van der Waals surface area contributed by atoms with E-state index < -0.39 is 0 Å². The Bertz CT molecular complexity index is 738. The maximum absolute atomic E-state index is 12.8. The molecule has 0 fully saturated rings. The van der Waals surface area contributed by atoms with Crippen molar-refractivity contribution >= 4 is 5.91 Å². The van der Waals surface area contributed by atoms with Crippen LogP contribution in [0.5, 0.6) is 0 Å². The third-order valence-corrected chi connectivity index (χ3v) is 4.88. The normalized spacial score (nSPS) is 16.5. The fourth-order valence-corrected chi connectivity index (χ4v) is 3.48. The Kier molecular flexibility index (Phi) is 6.04. The minimum atomic E-state index is -0.0882. The van der Waals surface area contributed by atoms with Crippen molar-refractivity contribution in [2.45, 2.75) is 59.2 Å². The van der Waals surface area contributed by atoms with Crippen LogP contribution in [0.3, 0.4) is 0 Å². The van der Waals surface area contributed by atoms with Gasteiger partial charge in [-0.2, -0.15) is 5.10 Å². The zero-order valence-electron chi connectivity index (χ0n) is 16.0. The molecule has 2 aromatic heterocycles. The van der Waals surface area contributed by atoms with Crippen molar-refractivity contribution in [3.63, 3.8) is 0 Å². The minimum absolute atomic E-state index is 0.0882. The van der Waals surface area contributed by atoms with Crippen molar-refractivity contribution in [2.75, 3.05) is 6.54 Å². The molecule has 1 aliphatic carbocycles. The van der Waals surface area contributed by atoms with E-state index in [0.717, 1.165) is 43.5 Å². The van der Waals surface area contributed by atoms with Crippen molar-refractivity contribution in [1.29, 1.82) is 0 Å². The van der Waals surface area contributed by atoms with Gasteiger partial charge in [-0.25, -0.2) is 0 Å². The van der Waals surface area contributed by atoms with Gasteiger partial charge < -0.3 is 10.6 Å². The maximum atomic E-state index is 12.8. The van der Waals surface area contributed by atoms with Crippen LogP contribution in [0.4, 0.5) is 0 Å². The first-order chi connectivity index (χ1) is 12.6. The number of carbonyl (C=O) groups excluding carboxylic acids is 1. The molecule has 2 heterocycles. The van der Waals surface area contributed by atoms with Crippen LogP contribution in [-0.2, 0) is 25.9 Å². The highest BCUT2D eigenvalue weighted by molar-refractivity contribution is 5.94. The summed E-state index contributed by atoms with van der Waals surface area (Å²) in [5, 5.41) is 11.3. The summed E-state index contributed by atoms with van der Waals surface area (Å²) < 4.78 is 2.00. The minimum Gasteiger partial charge on any atom is -0.347 e. The van der Waals surface area contributed by atoms with Crippen LogP contribution < -0.4 is 10.6 Å². The lowest BCUT2D eigenvalue weighted by atomic mass is 9.91. The van der Waals surface area contributed by atoms with Crippen LogP contribution >= 0.6 is 0 Å². The Morgan fingerprint density at radius 3 is 2.81 bits per heavy atom. The van der Waals surface area contributed by atoms with Crippen LogP contribution in [-0.4, -0.2) is 33.3 Å². The molecule has 6 nitrogen and oxygen atoms in total. The number of pyridine rings is 1. The Hall–Kier alpha value is -2.21. The van der Waals surface area contributed by atoms with Gasteiger partial charge in [0.15, 0.2) is 5.69 Å². The number of nitrogens with one attached hydrogen (secondary N) is 2. The van der Waals surface area contributed by atoms with Gasteiger partial charge in [-0.15, -0.1) is 0 Å². The van der Waals surface area contributed by atoms with E-state index in [1.807, 2.05) is 16.8 Å². The molecule has 2 aromatic rings. The van der Waals surface area contributed by atoms with E-state index in [2.05, 4.69) is 41.5 Å². The van der Waals surface area contributed by atoms with Gasteiger partial charge in [0, 0.05) is 42.8 Å². The molecule has 0 bridgehead atoms. The second-order valence-electron chi connectivity index (χ2n) is 7.37. The highest BCUT2D eigenvalue weighted by atomic mass is 16.1. The van der Waals surface area contributed by atoms with E-state index >= 15 is 0 Å². The number of hydrogen-bond acceptors (Lipinski definition) is 4. The van der Waals surface area contributed by atoms with Crippen LogP contribution in [0.1, 0.15) is 54.5 Å². The monoisotopic (exact) mass is 355 g/mol. The molecule has 140 valence electrons. The Balaban J connectivity index is 1.73. The second kappa shape index (κ2) is 8.45. The van der Waals surface area contributed by atoms with E-state index in [9.17, 15) is 4.79 Å². The topological polar surface area (TPSA) is 71.8 Å². The molecule has 0 aliphatic heterocycles. The van der Waals surface area contributed by atoms with Gasteiger partial charge in [-0.3, -0.25) is 14.5 Å². The van der Waals surface area contributed by atoms with Crippen molar-refractivity contribution in [1.82, 2.24) is 25.4 Å². The van der Waals surface area contributed by atoms with Gasteiger partial charge in [0.2, 0.25) is 0 Å². The van der Waals surface area contributed by atoms with Crippen LogP contribution in [0, 0.1) is 5.92 Å². The van der Waals surface area contributed by atoms with Gasteiger partial charge in [0.1, 0.15) is 0 Å². The Morgan fingerprint density at radius 1 is 1.35 bits per heavy atom. The second-order valence-corrected chi connectivity index (χ2v) is 7.37. The first-order valence-electron chi connectivity index (χ1n) is 9.57. The van der Waals surface area contributed by atoms with E-state index in [-0.39, 0.29) is 5.91 Å². The van der Waals surface area contributed by atoms with E-state index in [1.165, 1.54) is 5.69 Å². The largest absolute Gasteiger partial charge is 0.347 e. The first-order valence-corrected chi connectivity index (χ1v) is 9.57. The summed E-state index contributed by atoms with van der Waals surface area (Å²) in [6, 6.07) is 4.24. The van der Waals surface area contributed by atoms with E-state index in [0.29, 0.717) is 24.2 Å². The molecule has 3 rings (SSSR count). The average molecular weight is 355 g/mol. The highest BCUT2D eigenvalue weighted by Crippen LogP contribution is 2.25. The number of nitrogens with zero attached hydrogens (tertiary/aromatic N) is 3. The molecule has 0 saturated carbocycles. The van der Waals surface area contributed by atoms with Gasteiger partial charge in [0.25, 0.3) is 5.91 Å². The molecule has 1 aliphatic rings. The van der Waals surface area contributed by atoms with Gasteiger partial charge in [-0.1, -0.05) is 13.8 Å². The van der Waals surface area contributed by atoms with Crippen LogP contribution in [0.15, 0.2) is 24.5 Å². The fraction of sp³-hybridized carbons (Fsp3) is 0.550. The van der Waals surface area contributed by atoms with Crippen LogP contribution in [0.2, 0.25) is 0 Å². The zero-order chi connectivity index (χ0) is 18.5. The van der Waals surface area contributed by atoms with E-state index in [1.54, 1.807) is 12.4 Å². The average Bonchev–Trinajstić information content (AvgIpc) is 3.03. The summed E-state index contributed by atoms with van der Waals surface area (Å²) in [4.78, 5) is 16.8. The molecule has 0 aromatic carbocycles. The SMILES string of the molecule is CCn1nc(C(=O)NCc2ccncc2)c2c1CCC(NCC(C)C)C2. The number of rotatable bonds is 7. The molecule has 1 amide bonds. The Morgan fingerprint density at radius 2 is 2.12 bits per heavy atom. The van der Waals surface area contributed by atoms with Crippen molar-refractivity contribution in [3.8, 4) is 0 Å². The number of carbonyl (C=O) groups is 1. The molecule has 1 atom stereocenters. The first kappa shape index (κ1) is 18.6. The molecule has 26 heavy (non-hydrogen) atoms. The summed E-state index contributed by atoms with van der Waals surface area (Å²) in [7, 11) is 0. The van der Waals surface area contributed by atoms with Crippen LogP contribution in [0.25, 0.3) is 0 Å². The van der Waals surface area contributed by atoms with E-state index in [4.69, 9.17) is 0 Å². The maximum Gasteiger partial charge on any atom is 0.272 e. The summed E-state index contributed by atoms with van der Waals surface area (Å²) in [5.74, 6) is 0.535. The standard InChI is InChI=1S/C20H29N5O/c1-4-25-18-6-5-16(22-12-14(2)3)11-17(18)19(24-25)20(26)23-13-15-7-9-21-10-8-15/h7-10,14,16,22H,4-6,11-13H2,1-3H3,(H,23,26). The third-order valence-electron chi connectivity index (χ3n) is 4.88. The van der Waals surface area contributed by atoms with Gasteiger partial charge in [0.05, 0.1) is 0 Å². The summed E-state index contributed by atoms with van der Waals surface area (Å²) in [6.07, 6.45) is 6.42. The summed E-state index contributed by atoms with van der Waals surface area (Å²) >= 11 is 0. The molecule has 0 saturated heterocycles. The van der Waals surface area contributed by atoms with Gasteiger partial charge in [-0.05, 0) is 56.3 Å². The summed E-state index contributed by atoms with van der Waals surface area (Å²) in [5.41, 5.74) is 3.97. The molecule has 0 spiro atoms. The summed E-state index contributed by atoms with van der Waals surface area (Å²) in [6.45, 7) is 8.80. The predicted octanol–water partition coefficient (Wildman–Crippen LogP) is 2.33. The molecule has 0 radical (unpaired) electrons. The van der Waals surface area contributed by atoms with Crippen molar-refractivity contribution < 1.29 is 4.79 Å². The predicted molar refractivity (Wildman–Crippen MR) is 102 cm³/mol. The number of fused-ring (bicyclic) bond motifs is 1. The number of hydrogen-bond donors (Lipinski definition) is 2. The number of amides is 1. The third kappa shape index (κ3) is 4.30. The fourth-order valence-electron chi connectivity index (χ4n) is 3.48. The number of aryl methyl sites for hydroxylation is 1. The Labute approximate surface area is 155 Å². The lowest BCUT2D eigenvalue weighted by molar-refractivity contribution is 0.0944. The number of aromatic nitrogens is 3. The van der Waals surface area contributed by atoms with Crippen molar-refractivity contribution in [3.05, 3.63) is 47.0 Å². The molecule has 2 N–H and O–H groups in total. The molecule has 1 unspecified atom stereocenters. The molecular formula is C20H29N5O. The lowest BCUT2D eigenvalue weighted by Gasteiger charge is -2.25. The van der Waals surface area contributed by atoms with Crippen molar-refractivity contribution in [2.24, 2.45) is 5.92 Å². The highest BCUT2D eigenvalue weighted by Gasteiger charge is 2.28. The quantitative estimate of drug-likeness (QED) is 0.800.